The van der Waals surface area contributed by atoms with Crippen LogP contribution in [0.2, 0.25) is 0 Å². The third kappa shape index (κ3) is 4.21. The molecule has 158 valence electrons. The zero-order valence-corrected chi connectivity index (χ0v) is 17.6. The van der Waals surface area contributed by atoms with Gasteiger partial charge in [0.05, 0.1) is 11.9 Å². The highest BCUT2D eigenvalue weighted by molar-refractivity contribution is 7.92. The number of nitrogens with zero attached hydrogens (tertiary/aromatic N) is 2. The summed E-state index contributed by atoms with van der Waals surface area (Å²) in [5, 5.41) is 2.63. The van der Waals surface area contributed by atoms with Gasteiger partial charge < -0.3 is 10.2 Å². The van der Waals surface area contributed by atoms with Gasteiger partial charge in [0.1, 0.15) is 12.1 Å². The molecule has 10 heteroatoms. The van der Waals surface area contributed by atoms with Gasteiger partial charge in [0.25, 0.3) is 5.91 Å². The Hall–Kier alpha value is -2.62. The highest BCUT2D eigenvalue weighted by Gasteiger charge is 2.55. The Bertz CT molecular complexity index is 953. The van der Waals surface area contributed by atoms with Crippen LogP contribution in [0.3, 0.4) is 0 Å². The highest BCUT2D eigenvalue weighted by atomic mass is 32.2. The molecule has 2 aliphatic rings. The minimum absolute atomic E-state index is 0.316. The summed E-state index contributed by atoms with van der Waals surface area (Å²) in [6.07, 6.45) is 5.07. The van der Waals surface area contributed by atoms with E-state index >= 15 is 0 Å². The molecule has 0 unspecified atom stereocenters. The molecule has 2 fully saturated rings. The molecule has 0 atom stereocenters. The van der Waals surface area contributed by atoms with Crippen LogP contribution in [0.4, 0.5) is 16.2 Å². The van der Waals surface area contributed by atoms with Crippen molar-refractivity contribution in [3.8, 4) is 0 Å². The van der Waals surface area contributed by atoms with Crippen LogP contribution < -0.4 is 10.0 Å². The molecule has 1 spiro atoms. The van der Waals surface area contributed by atoms with Crippen molar-refractivity contribution in [2.75, 3.05) is 29.9 Å². The van der Waals surface area contributed by atoms with Gasteiger partial charge in [-0.25, -0.2) is 13.2 Å². The molecule has 0 bridgehead atoms. The van der Waals surface area contributed by atoms with E-state index < -0.39 is 27.5 Å². The maximum absolute atomic E-state index is 13.0. The molecule has 1 aromatic carbocycles. The first-order valence-corrected chi connectivity index (χ1v) is 11.4. The Morgan fingerprint density at radius 3 is 2.45 bits per heavy atom. The van der Waals surface area contributed by atoms with Gasteiger partial charge in [-0.05, 0) is 37.5 Å². The van der Waals surface area contributed by atoms with Crippen LogP contribution in [0.5, 0.6) is 0 Å². The Kier molecular flexibility index (Phi) is 5.57. The number of imide groups is 1. The van der Waals surface area contributed by atoms with Gasteiger partial charge >= 0.3 is 6.03 Å². The summed E-state index contributed by atoms with van der Waals surface area (Å²) in [7, 11) is -1.85. The maximum Gasteiger partial charge on any atom is 0.327 e. The summed E-state index contributed by atoms with van der Waals surface area (Å²) in [6.45, 7) is 1.35. The van der Waals surface area contributed by atoms with Gasteiger partial charge in [-0.3, -0.25) is 19.2 Å². The second kappa shape index (κ2) is 7.66. The molecule has 3 rings (SSSR count). The number of urea groups is 1. The first-order valence-electron chi connectivity index (χ1n) is 9.51. The van der Waals surface area contributed by atoms with Crippen molar-refractivity contribution in [2.24, 2.45) is 0 Å². The second-order valence-corrected chi connectivity index (χ2v) is 9.53. The first kappa shape index (κ1) is 21.1. The molecule has 1 saturated heterocycles. The number of nitrogens with one attached hydrogen (secondary N) is 2. The number of hydrogen-bond donors (Lipinski definition) is 2. The fourth-order valence-electron chi connectivity index (χ4n) is 4.02. The quantitative estimate of drug-likeness (QED) is 0.703. The molecule has 1 heterocycles. The molecule has 29 heavy (non-hydrogen) atoms. The number of hydrogen-bond acceptors (Lipinski definition) is 5. The van der Waals surface area contributed by atoms with E-state index in [4.69, 9.17) is 0 Å². The van der Waals surface area contributed by atoms with Crippen molar-refractivity contribution in [2.45, 2.75) is 44.6 Å². The lowest BCUT2D eigenvalue weighted by molar-refractivity contribution is -0.136. The van der Waals surface area contributed by atoms with E-state index in [2.05, 4.69) is 10.0 Å². The number of benzene rings is 1. The number of carbonyl (C=O) groups excluding carboxylic acids is 3. The lowest BCUT2D eigenvalue weighted by Gasteiger charge is -2.35. The van der Waals surface area contributed by atoms with Crippen molar-refractivity contribution in [1.82, 2.24) is 9.80 Å². The molecule has 0 radical (unpaired) electrons. The summed E-state index contributed by atoms with van der Waals surface area (Å²) >= 11 is 0. The standard InChI is InChI=1S/C19H26N4O5S/c1-13-7-8-14(11-15(13)21-29(3,27)28)20-16(24)12-23-17(25)19(22(2)18(23)26)9-5-4-6-10-19/h7-8,11,21H,4-6,9-10,12H2,1-3H3,(H,20,24). The Morgan fingerprint density at radius 1 is 1.17 bits per heavy atom. The number of amides is 4. The summed E-state index contributed by atoms with van der Waals surface area (Å²) in [4.78, 5) is 40.5. The third-order valence-corrected chi connectivity index (χ3v) is 6.19. The van der Waals surface area contributed by atoms with Crippen LogP contribution >= 0.6 is 0 Å². The van der Waals surface area contributed by atoms with E-state index in [-0.39, 0.29) is 12.5 Å². The van der Waals surface area contributed by atoms with Crippen LogP contribution in [0, 0.1) is 6.92 Å². The van der Waals surface area contributed by atoms with Gasteiger partial charge in [0.15, 0.2) is 0 Å². The molecular formula is C19H26N4O5S. The predicted molar refractivity (Wildman–Crippen MR) is 109 cm³/mol. The smallest absolute Gasteiger partial charge is 0.324 e. The second-order valence-electron chi connectivity index (χ2n) is 7.78. The van der Waals surface area contributed by atoms with E-state index in [1.54, 1.807) is 26.1 Å². The maximum atomic E-state index is 13.0. The zero-order valence-electron chi connectivity index (χ0n) is 16.8. The number of anilines is 2. The lowest BCUT2D eigenvalue weighted by Crippen LogP contribution is -2.49. The summed E-state index contributed by atoms with van der Waals surface area (Å²) < 4.78 is 25.4. The molecule has 9 nitrogen and oxygen atoms in total. The topological polar surface area (TPSA) is 116 Å². The fraction of sp³-hybridized carbons (Fsp3) is 0.526. The monoisotopic (exact) mass is 422 g/mol. The average Bonchev–Trinajstić information content (AvgIpc) is 2.80. The summed E-state index contributed by atoms with van der Waals surface area (Å²) in [6, 6.07) is 4.33. The van der Waals surface area contributed by atoms with Crippen molar-refractivity contribution in [3.63, 3.8) is 0 Å². The molecule has 4 amide bonds. The summed E-state index contributed by atoms with van der Waals surface area (Å²) in [5.74, 6) is -0.842. The van der Waals surface area contributed by atoms with Crippen LogP contribution in [0.1, 0.15) is 37.7 Å². The molecule has 1 aliphatic heterocycles. The van der Waals surface area contributed by atoms with Crippen LogP contribution in [-0.4, -0.2) is 61.5 Å². The minimum Gasteiger partial charge on any atom is -0.324 e. The van der Waals surface area contributed by atoms with Gasteiger partial charge in [0, 0.05) is 12.7 Å². The Labute approximate surface area is 170 Å². The van der Waals surface area contributed by atoms with Crippen molar-refractivity contribution in [3.05, 3.63) is 23.8 Å². The molecule has 1 aromatic rings. The van der Waals surface area contributed by atoms with Crippen LogP contribution in [0.25, 0.3) is 0 Å². The number of aryl methyl sites for hydroxylation is 1. The summed E-state index contributed by atoms with van der Waals surface area (Å²) in [5.41, 5.74) is 0.580. The van der Waals surface area contributed by atoms with Gasteiger partial charge in [0.2, 0.25) is 15.9 Å². The van der Waals surface area contributed by atoms with E-state index in [0.717, 1.165) is 30.4 Å². The average molecular weight is 423 g/mol. The zero-order chi connectivity index (χ0) is 21.4. The predicted octanol–water partition coefficient (Wildman–Crippen LogP) is 1.90. The lowest BCUT2D eigenvalue weighted by atomic mass is 9.81. The van der Waals surface area contributed by atoms with E-state index in [9.17, 15) is 22.8 Å². The van der Waals surface area contributed by atoms with Crippen LogP contribution in [-0.2, 0) is 19.6 Å². The third-order valence-electron chi connectivity index (χ3n) is 5.60. The SMILES string of the molecule is Cc1ccc(NC(=O)CN2C(=O)N(C)C3(CCCCC3)C2=O)cc1NS(C)(=O)=O. The van der Waals surface area contributed by atoms with Gasteiger partial charge in [-0.15, -0.1) is 0 Å². The van der Waals surface area contributed by atoms with Crippen molar-refractivity contribution < 1.29 is 22.8 Å². The van der Waals surface area contributed by atoms with E-state index in [1.807, 2.05) is 0 Å². The van der Waals surface area contributed by atoms with E-state index in [1.165, 1.54) is 11.0 Å². The Morgan fingerprint density at radius 2 is 1.83 bits per heavy atom. The van der Waals surface area contributed by atoms with Crippen LogP contribution in [0.15, 0.2) is 18.2 Å². The van der Waals surface area contributed by atoms with Gasteiger partial charge in [-0.2, -0.15) is 0 Å². The minimum atomic E-state index is -3.47. The number of sulfonamides is 1. The molecule has 1 saturated carbocycles. The fourth-order valence-corrected chi connectivity index (χ4v) is 4.64. The molecule has 2 N–H and O–H groups in total. The molecule has 1 aliphatic carbocycles. The number of carbonyl (C=O) groups is 3. The Balaban J connectivity index is 1.72. The van der Waals surface area contributed by atoms with Gasteiger partial charge in [-0.1, -0.05) is 25.3 Å². The largest absolute Gasteiger partial charge is 0.327 e. The molecular weight excluding hydrogens is 396 g/mol. The number of likely N-dealkylation sites (N-methyl/N-ethyl adjacent to an activating group) is 1. The molecule has 0 aromatic heterocycles. The van der Waals surface area contributed by atoms with Crippen molar-refractivity contribution in [1.29, 1.82) is 0 Å². The normalized spacial score (nSPS) is 19.0. The van der Waals surface area contributed by atoms with E-state index in [0.29, 0.717) is 29.8 Å². The first-order chi connectivity index (χ1) is 13.5. The number of rotatable bonds is 5. The highest BCUT2D eigenvalue weighted by Crippen LogP contribution is 2.39. The van der Waals surface area contributed by atoms with Crippen molar-refractivity contribution >= 4 is 39.2 Å².